The van der Waals surface area contributed by atoms with E-state index in [1.54, 1.807) is 0 Å². The van der Waals surface area contributed by atoms with Gasteiger partial charge in [0.2, 0.25) is 5.91 Å². The van der Waals surface area contributed by atoms with Crippen LogP contribution in [0.25, 0.3) is 0 Å². The van der Waals surface area contributed by atoms with Crippen LogP contribution in [-0.2, 0) is 24.8 Å². The number of benzene rings is 1. The molecule has 1 aliphatic heterocycles. The Balaban J connectivity index is 0.00000280. The molecule has 1 aromatic carbocycles. The van der Waals surface area contributed by atoms with E-state index in [0.29, 0.717) is 0 Å². The number of aromatic nitrogens is 1. The van der Waals surface area contributed by atoms with E-state index < -0.39 is 0 Å². The molecule has 0 aliphatic carbocycles. The highest BCUT2D eigenvalue weighted by molar-refractivity contribution is 14.0. The molecule has 2 heterocycles. The zero-order valence-corrected chi connectivity index (χ0v) is 19.2. The van der Waals surface area contributed by atoms with Gasteiger partial charge in [0.1, 0.15) is 6.54 Å². The molecule has 28 heavy (non-hydrogen) atoms. The van der Waals surface area contributed by atoms with Crippen molar-refractivity contribution < 1.29 is 4.79 Å². The van der Waals surface area contributed by atoms with Gasteiger partial charge in [-0.3, -0.25) is 4.79 Å². The second-order valence-corrected chi connectivity index (χ2v) is 6.91. The Morgan fingerprint density at radius 3 is 2.75 bits per heavy atom. The molecule has 0 fully saturated rings. The molecule has 0 spiro atoms. The summed E-state index contributed by atoms with van der Waals surface area (Å²) in [5, 5.41) is 3.29. The molecule has 1 N–H and O–H groups in total. The second kappa shape index (κ2) is 10.5. The molecule has 0 saturated carbocycles. The second-order valence-electron chi connectivity index (χ2n) is 6.91. The van der Waals surface area contributed by atoms with E-state index in [0.717, 1.165) is 44.1 Å². The number of fused-ring (bicyclic) bond motifs is 1. The summed E-state index contributed by atoms with van der Waals surface area (Å²) in [6.45, 7) is 4.44. The number of anilines is 1. The number of aliphatic imine (C=N–C) groups is 1. The molecule has 0 saturated heterocycles. The highest BCUT2D eigenvalue weighted by Gasteiger charge is 2.22. The van der Waals surface area contributed by atoms with E-state index in [-0.39, 0.29) is 36.4 Å². The normalized spacial score (nSPS) is 13.5. The molecular weight excluding hydrogens is 465 g/mol. The number of aryl methyl sites for hydroxylation is 2. The third kappa shape index (κ3) is 5.27. The number of hydrogen-bond donors (Lipinski definition) is 1. The molecule has 1 amide bonds. The summed E-state index contributed by atoms with van der Waals surface area (Å²) in [4.78, 5) is 21.4. The van der Waals surface area contributed by atoms with Crippen molar-refractivity contribution in [3.05, 3.63) is 53.9 Å². The molecular formula is C21H30IN5O. The first kappa shape index (κ1) is 22.3. The molecule has 6 nitrogen and oxygen atoms in total. The molecule has 7 heteroatoms. The number of guanidine groups is 1. The van der Waals surface area contributed by atoms with E-state index >= 15 is 0 Å². The fraction of sp³-hybridized carbons (Fsp3) is 0.429. The molecule has 0 atom stereocenters. The van der Waals surface area contributed by atoms with Gasteiger partial charge in [-0.2, -0.15) is 0 Å². The number of nitrogens with zero attached hydrogens (tertiary/aromatic N) is 4. The third-order valence-corrected chi connectivity index (χ3v) is 4.92. The van der Waals surface area contributed by atoms with Crippen LogP contribution in [0.5, 0.6) is 0 Å². The van der Waals surface area contributed by atoms with E-state index in [1.165, 1.54) is 11.3 Å². The molecule has 1 aromatic heterocycles. The van der Waals surface area contributed by atoms with Crippen LogP contribution in [0.4, 0.5) is 5.69 Å². The average molecular weight is 495 g/mol. The summed E-state index contributed by atoms with van der Waals surface area (Å²) in [6, 6.07) is 12.3. The highest BCUT2D eigenvalue weighted by atomic mass is 127. The molecule has 0 radical (unpaired) electrons. The maximum absolute atomic E-state index is 12.8. The van der Waals surface area contributed by atoms with Crippen molar-refractivity contribution in [3.8, 4) is 0 Å². The van der Waals surface area contributed by atoms with Gasteiger partial charge in [-0.1, -0.05) is 18.2 Å². The van der Waals surface area contributed by atoms with Crippen LogP contribution in [0.3, 0.4) is 0 Å². The number of hydrogen-bond acceptors (Lipinski definition) is 2. The maximum atomic E-state index is 12.8. The summed E-state index contributed by atoms with van der Waals surface area (Å²) < 4.78 is 2.09. The lowest BCUT2D eigenvalue weighted by Gasteiger charge is -2.29. The van der Waals surface area contributed by atoms with Gasteiger partial charge in [0.15, 0.2) is 5.96 Å². The first-order chi connectivity index (χ1) is 13.1. The van der Waals surface area contributed by atoms with Crippen molar-refractivity contribution in [2.24, 2.45) is 12.0 Å². The molecule has 1 aliphatic rings. The van der Waals surface area contributed by atoms with Crippen molar-refractivity contribution in [1.82, 2.24) is 14.8 Å². The van der Waals surface area contributed by atoms with Crippen molar-refractivity contribution in [2.45, 2.75) is 26.3 Å². The number of carbonyl (C=O) groups is 1. The topological polar surface area (TPSA) is 52.9 Å². The zero-order valence-electron chi connectivity index (χ0n) is 16.9. The lowest BCUT2D eigenvalue weighted by molar-refractivity contribution is -0.117. The van der Waals surface area contributed by atoms with Crippen LogP contribution in [0.15, 0.2) is 47.6 Å². The van der Waals surface area contributed by atoms with Crippen LogP contribution in [0, 0.1) is 0 Å². The van der Waals surface area contributed by atoms with Gasteiger partial charge >= 0.3 is 0 Å². The smallest absolute Gasteiger partial charge is 0.248 e. The summed E-state index contributed by atoms with van der Waals surface area (Å²) >= 11 is 0. The van der Waals surface area contributed by atoms with Crippen molar-refractivity contribution in [2.75, 3.05) is 31.6 Å². The van der Waals surface area contributed by atoms with E-state index in [9.17, 15) is 4.79 Å². The molecule has 152 valence electrons. The summed E-state index contributed by atoms with van der Waals surface area (Å²) in [5.74, 6) is 0.794. The van der Waals surface area contributed by atoms with Crippen LogP contribution < -0.4 is 10.2 Å². The Labute approximate surface area is 184 Å². The van der Waals surface area contributed by atoms with Gasteiger partial charge in [-0.25, -0.2) is 4.99 Å². The van der Waals surface area contributed by atoms with Gasteiger partial charge in [0.25, 0.3) is 0 Å². The minimum absolute atomic E-state index is 0. The Bertz CT molecular complexity index is 817. The van der Waals surface area contributed by atoms with Gasteiger partial charge in [-0.15, -0.1) is 24.0 Å². The first-order valence-electron chi connectivity index (χ1n) is 9.58. The quantitative estimate of drug-likeness (QED) is 0.394. The predicted octanol–water partition coefficient (Wildman–Crippen LogP) is 3.02. The van der Waals surface area contributed by atoms with Crippen molar-refractivity contribution in [3.63, 3.8) is 0 Å². The fourth-order valence-electron chi connectivity index (χ4n) is 3.47. The lowest BCUT2D eigenvalue weighted by Crippen LogP contribution is -2.41. The average Bonchev–Trinajstić information content (AvgIpc) is 3.08. The van der Waals surface area contributed by atoms with Crippen LogP contribution in [-0.4, -0.2) is 48.0 Å². The van der Waals surface area contributed by atoms with E-state index in [1.807, 2.05) is 56.4 Å². The van der Waals surface area contributed by atoms with Crippen molar-refractivity contribution >= 4 is 41.5 Å². The third-order valence-electron chi connectivity index (χ3n) is 4.92. The Kier molecular flexibility index (Phi) is 8.35. The lowest BCUT2D eigenvalue weighted by atomic mass is 10.0. The summed E-state index contributed by atoms with van der Waals surface area (Å²) in [7, 11) is 4.03. The summed E-state index contributed by atoms with van der Waals surface area (Å²) in [6.07, 6.45) is 4.07. The molecule has 2 aromatic rings. The largest absolute Gasteiger partial charge is 0.357 e. The van der Waals surface area contributed by atoms with Crippen LogP contribution in [0.1, 0.15) is 24.6 Å². The summed E-state index contributed by atoms with van der Waals surface area (Å²) in [5.41, 5.74) is 3.47. The number of nitrogens with one attached hydrogen (secondary N) is 1. The fourth-order valence-corrected chi connectivity index (χ4v) is 3.47. The van der Waals surface area contributed by atoms with Crippen LogP contribution >= 0.6 is 24.0 Å². The molecule has 0 bridgehead atoms. The Hall–Kier alpha value is -2.03. The monoisotopic (exact) mass is 495 g/mol. The number of para-hydroxylation sites is 1. The number of amides is 1. The highest BCUT2D eigenvalue weighted by Crippen LogP contribution is 2.26. The minimum atomic E-state index is 0. The number of carbonyl (C=O) groups excluding carboxylic acids is 1. The van der Waals surface area contributed by atoms with Gasteiger partial charge in [0, 0.05) is 44.8 Å². The van der Waals surface area contributed by atoms with E-state index in [4.69, 9.17) is 0 Å². The maximum Gasteiger partial charge on any atom is 0.248 e. The SMILES string of the molecule is CCNC(=NCC(=O)N1CCCc2ccccc21)N(C)Cc1cccn1C.I. The Morgan fingerprint density at radius 1 is 1.25 bits per heavy atom. The minimum Gasteiger partial charge on any atom is -0.357 e. The zero-order chi connectivity index (χ0) is 19.2. The molecule has 0 unspecified atom stereocenters. The van der Waals surface area contributed by atoms with Gasteiger partial charge < -0.3 is 19.7 Å². The van der Waals surface area contributed by atoms with Crippen LogP contribution in [0.2, 0.25) is 0 Å². The Morgan fingerprint density at radius 2 is 2.04 bits per heavy atom. The van der Waals surface area contributed by atoms with Gasteiger partial charge in [0.05, 0.1) is 6.54 Å². The predicted molar refractivity (Wildman–Crippen MR) is 125 cm³/mol. The standard InChI is InChI=1S/C21H29N5O.HI/c1-4-22-21(25(3)16-18-11-8-13-24(18)2)23-15-20(27)26-14-7-10-17-9-5-6-12-19(17)26;/h5-6,8-9,11-13H,4,7,10,14-16H2,1-3H3,(H,22,23);1H. The number of halogens is 1. The van der Waals surface area contributed by atoms with E-state index in [2.05, 4.69) is 31.9 Å². The molecule has 3 rings (SSSR count). The first-order valence-corrected chi connectivity index (χ1v) is 9.58. The van der Waals surface area contributed by atoms with Crippen molar-refractivity contribution in [1.29, 1.82) is 0 Å². The number of rotatable bonds is 5. The van der Waals surface area contributed by atoms with Gasteiger partial charge in [-0.05, 0) is 43.5 Å².